The molecule has 0 N–H and O–H groups in total. The van der Waals surface area contributed by atoms with Crippen molar-refractivity contribution >= 4 is 5.69 Å². The molecule has 1 nitrogen and oxygen atoms in total. The van der Waals surface area contributed by atoms with Crippen molar-refractivity contribution in [3.63, 3.8) is 0 Å². The first-order chi connectivity index (χ1) is 6.97. The van der Waals surface area contributed by atoms with Crippen LogP contribution in [0.2, 0.25) is 0 Å². The second-order valence-corrected chi connectivity index (χ2v) is 5.29. The van der Waals surface area contributed by atoms with Gasteiger partial charge in [-0.25, -0.2) is 4.39 Å². The maximum Gasteiger partial charge on any atom is 0.125 e. The molecule has 1 saturated heterocycles. The van der Waals surface area contributed by atoms with Crippen molar-refractivity contribution in [1.82, 2.24) is 0 Å². The third-order valence-corrected chi connectivity index (χ3v) is 2.97. The number of nitrogens with zero attached hydrogens (tertiary/aromatic N) is 1. The van der Waals surface area contributed by atoms with E-state index in [1.165, 1.54) is 6.42 Å². The zero-order chi connectivity index (χ0) is 11.1. The van der Waals surface area contributed by atoms with E-state index in [4.69, 9.17) is 0 Å². The van der Waals surface area contributed by atoms with Crippen molar-refractivity contribution in [1.29, 1.82) is 0 Å². The minimum absolute atomic E-state index is 0.0156. The molecule has 82 valence electrons. The van der Waals surface area contributed by atoms with Gasteiger partial charge in [0.15, 0.2) is 0 Å². The fourth-order valence-electron chi connectivity index (χ4n) is 1.76. The molecule has 0 aliphatic carbocycles. The van der Waals surface area contributed by atoms with E-state index in [0.717, 1.165) is 24.3 Å². The summed E-state index contributed by atoms with van der Waals surface area (Å²) in [5, 5.41) is 0. The summed E-state index contributed by atoms with van der Waals surface area (Å²) >= 11 is 0. The maximum atomic E-state index is 13.5. The Labute approximate surface area is 90.9 Å². The van der Waals surface area contributed by atoms with Crippen LogP contribution in [0.15, 0.2) is 18.2 Å². The van der Waals surface area contributed by atoms with Gasteiger partial charge in [-0.1, -0.05) is 20.8 Å². The number of benzene rings is 1. The largest absolute Gasteiger partial charge is 0.371 e. The molecule has 0 unspecified atom stereocenters. The molecule has 1 fully saturated rings. The van der Waals surface area contributed by atoms with Crippen molar-refractivity contribution in [3.05, 3.63) is 29.6 Å². The summed E-state index contributed by atoms with van der Waals surface area (Å²) in [6, 6.07) is 5.39. The summed E-state index contributed by atoms with van der Waals surface area (Å²) in [7, 11) is 0. The van der Waals surface area contributed by atoms with Gasteiger partial charge in [-0.05, 0) is 35.6 Å². The van der Waals surface area contributed by atoms with E-state index in [0.29, 0.717) is 0 Å². The smallest absolute Gasteiger partial charge is 0.125 e. The molecule has 1 aromatic rings. The summed E-state index contributed by atoms with van der Waals surface area (Å²) in [6.07, 6.45) is 1.22. The Hall–Kier alpha value is -1.05. The summed E-state index contributed by atoms with van der Waals surface area (Å²) in [5.41, 5.74) is 2.12. The molecule has 0 radical (unpaired) electrons. The monoisotopic (exact) mass is 207 g/mol. The van der Waals surface area contributed by atoms with E-state index in [-0.39, 0.29) is 11.2 Å². The minimum Gasteiger partial charge on any atom is -0.371 e. The first-order valence-electron chi connectivity index (χ1n) is 5.53. The first-order valence-corrected chi connectivity index (χ1v) is 5.53. The Kier molecular flexibility index (Phi) is 2.45. The SMILES string of the molecule is CC(C)(C)c1cc(F)cc(N2CCC2)c1. The molecule has 2 rings (SSSR count). The fourth-order valence-corrected chi connectivity index (χ4v) is 1.76. The van der Waals surface area contributed by atoms with Gasteiger partial charge in [0.2, 0.25) is 0 Å². The van der Waals surface area contributed by atoms with Crippen LogP contribution in [0.1, 0.15) is 32.8 Å². The fraction of sp³-hybridized carbons (Fsp3) is 0.538. The van der Waals surface area contributed by atoms with Crippen LogP contribution in [0.4, 0.5) is 10.1 Å². The van der Waals surface area contributed by atoms with Gasteiger partial charge in [0, 0.05) is 18.8 Å². The molecule has 0 spiro atoms. The van der Waals surface area contributed by atoms with Crippen LogP contribution in [0, 0.1) is 5.82 Å². The molecule has 0 saturated carbocycles. The summed E-state index contributed by atoms with van der Waals surface area (Å²) in [6.45, 7) is 8.46. The lowest BCUT2D eigenvalue weighted by atomic mass is 9.86. The molecule has 1 aliphatic rings. The summed E-state index contributed by atoms with van der Waals surface area (Å²) in [4.78, 5) is 2.22. The van der Waals surface area contributed by atoms with Crippen molar-refractivity contribution in [3.8, 4) is 0 Å². The van der Waals surface area contributed by atoms with E-state index in [2.05, 4.69) is 31.7 Å². The lowest BCUT2D eigenvalue weighted by molar-refractivity contribution is 0.565. The van der Waals surface area contributed by atoms with Crippen molar-refractivity contribution < 1.29 is 4.39 Å². The highest BCUT2D eigenvalue weighted by Gasteiger charge is 2.19. The average Bonchev–Trinajstić information content (AvgIpc) is 1.97. The molecular weight excluding hydrogens is 189 g/mol. The third-order valence-electron chi connectivity index (χ3n) is 2.97. The van der Waals surface area contributed by atoms with E-state index in [9.17, 15) is 4.39 Å². The highest BCUT2D eigenvalue weighted by molar-refractivity contribution is 5.51. The van der Waals surface area contributed by atoms with Crippen LogP contribution in [0.5, 0.6) is 0 Å². The van der Waals surface area contributed by atoms with Gasteiger partial charge in [-0.15, -0.1) is 0 Å². The first kappa shape index (κ1) is 10.5. The predicted octanol–water partition coefficient (Wildman–Crippen LogP) is 3.33. The predicted molar refractivity (Wildman–Crippen MR) is 61.9 cm³/mol. The number of hydrogen-bond donors (Lipinski definition) is 0. The number of hydrogen-bond acceptors (Lipinski definition) is 1. The Morgan fingerprint density at radius 2 is 1.80 bits per heavy atom. The highest BCUT2D eigenvalue weighted by atomic mass is 19.1. The van der Waals surface area contributed by atoms with Crippen LogP contribution in [-0.2, 0) is 5.41 Å². The van der Waals surface area contributed by atoms with Crippen LogP contribution >= 0.6 is 0 Å². The van der Waals surface area contributed by atoms with Crippen LogP contribution in [-0.4, -0.2) is 13.1 Å². The van der Waals surface area contributed by atoms with Gasteiger partial charge in [-0.2, -0.15) is 0 Å². The molecule has 1 aliphatic heterocycles. The van der Waals surface area contributed by atoms with Gasteiger partial charge in [0.25, 0.3) is 0 Å². The molecule has 0 atom stereocenters. The lowest BCUT2D eigenvalue weighted by Gasteiger charge is -2.34. The Morgan fingerprint density at radius 1 is 1.13 bits per heavy atom. The van der Waals surface area contributed by atoms with Crippen molar-refractivity contribution in [2.45, 2.75) is 32.6 Å². The Bertz CT molecular complexity index is 361. The normalized spacial score (nSPS) is 16.4. The third kappa shape index (κ3) is 2.14. The van der Waals surface area contributed by atoms with Gasteiger partial charge in [0.05, 0.1) is 0 Å². The topological polar surface area (TPSA) is 3.24 Å². The van der Waals surface area contributed by atoms with Gasteiger partial charge in [-0.3, -0.25) is 0 Å². The van der Waals surface area contributed by atoms with E-state index in [1.54, 1.807) is 12.1 Å². The molecule has 0 aromatic heterocycles. The molecule has 1 aromatic carbocycles. The number of anilines is 1. The zero-order valence-electron chi connectivity index (χ0n) is 9.68. The van der Waals surface area contributed by atoms with Crippen LogP contribution in [0.25, 0.3) is 0 Å². The second kappa shape index (κ2) is 3.51. The quantitative estimate of drug-likeness (QED) is 0.682. The van der Waals surface area contributed by atoms with E-state index in [1.807, 2.05) is 0 Å². The standard InChI is InChI=1S/C13H18FN/c1-13(2,3)10-7-11(14)9-12(8-10)15-5-4-6-15/h7-9H,4-6H2,1-3H3. The lowest BCUT2D eigenvalue weighted by Crippen LogP contribution is -2.37. The molecule has 15 heavy (non-hydrogen) atoms. The molecule has 0 amide bonds. The number of rotatable bonds is 1. The van der Waals surface area contributed by atoms with Crippen molar-refractivity contribution in [2.75, 3.05) is 18.0 Å². The highest BCUT2D eigenvalue weighted by Crippen LogP contribution is 2.29. The van der Waals surface area contributed by atoms with E-state index >= 15 is 0 Å². The number of halogens is 1. The van der Waals surface area contributed by atoms with E-state index < -0.39 is 0 Å². The Morgan fingerprint density at radius 3 is 2.27 bits per heavy atom. The van der Waals surface area contributed by atoms with Crippen LogP contribution in [0.3, 0.4) is 0 Å². The summed E-state index contributed by atoms with van der Waals surface area (Å²) < 4.78 is 13.5. The molecule has 0 bridgehead atoms. The minimum atomic E-state index is -0.121. The van der Waals surface area contributed by atoms with Gasteiger partial charge >= 0.3 is 0 Å². The maximum absolute atomic E-state index is 13.5. The Balaban J connectivity index is 2.36. The molecule has 1 heterocycles. The van der Waals surface area contributed by atoms with Gasteiger partial charge < -0.3 is 4.90 Å². The zero-order valence-corrected chi connectivity index (χ0v) is 9.68. The second-order valence-electron chi connectivity index (χ2n) is 5.29. The summed E-state index contributed by atoms with van der Waals surface area (Å²) in [5.74, 6) is -0.121. The van der Waals surface area contributed by atoms with Crippen LogP contribution < -0.4 is 4.90 Å². The molecular formula is C13H18FN. The van der Waals surface area contributed by atoms with Gasteiger partial charge in [0.1, 0.15) is 5.82 Å². The molecule has 2 heteroatoms. The average molecular weight is 207 g/mol. The van der Waals surface area contributed by atoms with Crippen molar-refractivity contribution in [2.24, 2.45) is 0 Å².